The van der Waals surface area contributed by atoms with E-state index in [0.717, 1.165) is 144 Å². The van der Waals surface area contributed by atoms with Crippen LogP contribution in [0.2, 0.25) is 0 Å². The van der Waals surface area contributed by atoms with Crippen LogP contribution in [0.15, 0.2) is 267 Å². The molecule has 16 aromatic rings. The standard InChI is InChI=1S/C70H44N6/c1-3-23-45(24-4-1)47-43-56(46-25-5-2-6-26-46)71-57(44-47)66-67(73-58-35-15-7-27-48(58)49-28-8-16-36-59(49)73)68(74-60-37-17-9-29-50(60)51-30-10-18-38-61(51)74)69(75-62-39-19-11-31-52(62)53-32-12-20-40-63(53)75)70(72-66)76-64-41-21-13-33-54(64)55-34-14-22-42-65(55)76/h1-44H. The fourth-order valence-corrected chi connectivity index (χ4v) is 12.4. The van der Waals surface area contributed by atoms with Gasteiger partial charge in [0.25, 0.3) is 0 Å². The molecule has 6 heterocycles. The van der Waals surface area contributed by atoms with Crippen LogP contribution in [-0.2, 0) is 0 Å². The lowest BCUT2D eigenvalue weighted by atomic mass is 10.0. The maximum Gasteiger partial charge on any atom is 0.165 e. The Labute approximate surface area is 436 Å². The third-order valence-corrected chi connectivity index (χ3v) is 15.5. The van der Waals surface area contributed by atoms with Crippen molar-refractivity contribution < 1.29 is 0 Å². The molecule has 10 aromatic carbocycles. The van der Waals surface area contributed by atoms with Crippen molar-refractivity contribution in [1.29, 1.82) is 0 Å². The van der Waals surface area contributed by atoms with Crippen molar-refractivity contribution in [3.05, 3.63) is 267 Å². The van der Waals surface area contributed by atoms with E-state index in [9.17, 15) is 0 Å². The van der Waals surface area contributed by atoms with Gasteiger partial charge in [-0.05, 0) is 71.8 Å². The van der Waals surface area contributed by atoms with Gasteiger partial charge in [0.05, 0.1) is 55.5 Å². The molecule has 0 spiro atoms. The summed E-state index contributed by atoms with van der Waals surface area (Å²) in [5.41, 5.74) is 16.8. The van der Waals surface area contributed by atoms with Gasteiger partial charge in [-0.3, -0.25) is 4.57 Å². The van der Waals surface area contributed by atoms with E-state index in [4.69, 9.17) is 9.97 Å². The van der Waals surface area contributed by atoms with Gasteiger partial charge in [-0.25, -0.2) is 9.97 Å². The molecule has 6 nitrogen and oxygen atoms in total. The van der Waals surface area contributed by atoms with Gasteiger partial charge in [0, 0.05) is 48.7 Å². The first kappa shape index (κ1) is 42.2. The molecule has 6 heteroatoms. The maximum atomic E-state index is 6.37. The van der Waals surface area contributed by atoms with Crippen LogP contribution < -0.4 is 0 Å². The monoisotopic (exact) mass is 968 g/mol. The van der Waals surface area contributed by atoms with E-state index in [-0.39, 0.29) is 0 Å². The zero-order valence-corrected chi connectivity index (χ0v) is 41.1. The molecule has 354 valence electrons. The fraction of sp³-hybridized carbons (Fsp3) is 0. The van der Waals surface area contributed by atoms with Crippen molar-refractivity contribution in [2.75, 3.05) is 0 Å². The first-order valence-electron chi connectivity index (χ1n) is 25.9. The molecule has 0 aliphatic carbocycles. The summed E-state index contributed by atoms with van der Waals surface area (Å²) in [7, 11) is 0. The molecule has 6 aromatic heterocycles. The van der Waals surface area contributed by atoms with Gasteiger partial charge in [0.2, 0.25) is 0 Å². The summed E-state index contributed by atoms with van der Waals surface area (Å²) in [6.07, 6.45) is 0. The first-order valence-corrected chi connectivity index (χ1v) is 25.9. The Morgan fingerprint density at radius 2 is 0.500 bits per heavy atom. The Bertz CT molecular complexity index is 4720. The molecule has 0 fully saturated rings. The van der Waals surface area contributed by atoms with Crippen molar-refractivity contribution in [1.82, 2.24) is 28.2 Å². The first-order chi connectivity index (χ1) is 37.8. The van der Waals surface area contributed by atoms with E-state index in [2.05, 4.69) is 285 Å². The van der Waals surface area contributed by atoms with Gasteiger partial charge in [-0.1, -0.05) is 206 Å². The Morgan fingerprint density at radius 3 is 0.882 bits per heavy atom. The summed E-state index contributed by atoms with van der Waals surface area (Å²) < 4.78 is 9.93. The molecule has 0 unspecified atom stereocenters. The predicted molar refractivity (Wildman–Crippen MR) is 316 cm³/mol. The van der Waals surface area contributed by atoms with Crippen molar-refractivity contribution in [2.45, 2.75) is 0 Å². The Hall–Kier alpha value is -10.3. The SMILES string of the molecule is c1ccc(-c2cc(-c3ccccc3)nc(-c3nc(-n4c5ccccc5c5ccccc54)c(-n4c5ccccc5c5ccccc54)c(-n4c5ccccc5c5ccccc54)c3-n3c4ccccc4c4ccccc43)c2)cc1. The van der Waals surface area contributed by atoms with Crippen LogP contribution >= 0.6 is 0 Å². The number of para-hydroxylation sites is 8. The van der Waals surface area contributed by atoms with E-state index in [1.807, 2.05) is 0 Å². The number of aromatic nitrogens is 6. The van der Waals surface area contributed by atoms with Crippen LogP contribution in [0.5, 0.6) is 0 Å². The van der Waals surface area contributed by atoms with Crippen LogP contribution in [0.1, 0.15) is 0 Å². The molecule has 16 rings (SSSR count). The zero-order valence-electron chi connectivity index (χ0n) is 41.1. The third kappa shape index (κ3) is 6.16. The molecule has 0 saturated carbocycles. The summed E-state index contributed by atoms with van der Waals surface area (Å²) in [5.74, 6) is 0.772. The largest absolute Gasteiger partial charge is 0.305 e. The predicted octanol–water partition coefficient (Wildman–Crippen LogP) is 17.9. The lowest BCUT2D eigenvalue weighted by molar-refractivity contribution is 0.974. The summed E-state index contributed by atoms with van der Waals surface area (Å²) >= 11 is 0. The number of hydrogen-bond donors (Lipinski definition) is 0. The van der Waals surface area contributed by atoms with Gasteiger partial charge in [-0.15, -0.1) is 0 Å². The number of pyridine rings is 2. The molecule has 0 N–H and O–H groups in total. The quantitative estimate of drug-likeness (QED) is 0.160. The van der Waals surface area contributed by atoms with Crippen molar-refractivity contribution in [2.24, 2.45) is 0 Å². The minimum Gasteiger partial charge on any atom is -0.305 e. The topological polar surface area (TPSA) is 45.5 Å². The molecule has 0 radical (unpaired) electrons. The van der Waals surface area contributed by atoms with Gasteiger partial charge < -0.3 is 13.7 Å². The highest BCUT2D eigenvalue weighted by molar-refractivity contribution is 6.16. The smallest absolute Gasteiger partial charge is 0.165 e. The van der Waals surface area contributed by atoms with Gasteiger partial charge >= 0.3 is 0 Å². The zero-order chi connectivity index (χ0) is 49.8. The fourth-order valence-electron chi connectivity index (χ4n) is 12.4. The lowest BCUT2D eigenvalue weighted by Gasteiger charge is -2.27. The Balaban J connectivity index is 1.24. The number of rotatable bonds is 7. The molecule has 0 atom stereocenters. The van der Waals surface area contributed by atoms with Gasteiger partial charge in [-0.2, -0.15) is 0 Å². The molecule has 76 heavy (non-hydrogen) atoms. The Kier molecular flexibility index (Phi) is 9.23. The molecule has 0 amide bonds. The van der Waals surface area contributed by atoms with Crippen molar-refractivity contribution in [3.8, 4) is 56.7 Å². The van der Waals surface area contributed by atoms with Gasteiger partial charge in [0.15, 0.2) is 5.82 Å². The van der Waals surface area contributed by atoms with Gasteiger partial charge in [0.1, 0.15) is 22.8 Å². The van der Waals surface area contributed by atoms with E-state index >= 15 is 0 Å². The van der Waals surface area contributed by atoms with E-state index in [1.54, 1.807) is 0 Å². The highest BCUT2D eigenvalue weighted by Gasteiger charge is 2.33. The normalized spacial score (nSPS) is 11.9. The summed E-state index contributed by atoms with van der Waals surface area (Å²) in [5, 5.41) is 9.23. The second-order valence-electron chi connectivity index (χ2n) is 19.7. The number of hydrogen-bond acceptors (Lipinski definition) is 2. The minimum absolute atomic E-state index is 0.736. The van der Waals surface area contributed by atoms with Crippen LogP contribution in [0.3, 0.4) is 0 Å². The number of nitrogens with zero attached hydrogens (tertiary/aromatic N) is 6. The number of benzene rings is 10. The highest BCUT2D eigenvalue weighted by atomic mass is 15.2. The minimum atomic E-state index is 0.736. The van der Waals surface area contributed by atoms with Crippen molar-refractivity contribution in [3.63, 3.8) is 0 Å². The average Bonchev–Trinajstić information content (AvgIpc) is 4.30. The molecule has 0 aliphatic rings. The second kappa shape index (κ2) is 16.6. The Morgan fingerprint density at radius 1 is 0.211 bits per heavy atom. The summed E-state index contributed by atoms with van der Waals surface area (Å²) in [6.45, 7) is 0. The van der Waals surface area contributed by atoms with E-state index in [0.29, 0.717) is 0 Å². The molecular weight excluding hydrogens is 925 g/mol. The number of fused-ring (bicyclic) bond motifs is 12. The molecule has 0 saturated heterocycles. The summed E-state index contributed by atoms with van der Waals surface area (Å²) in [4.78, 5) is 12.2. The van der Waals surface area contributed by atoms with Crippen LogP contribution in [-0.4, -0.2) is 28.2 Å². The maximum absolute atomic E-state index is 6.37. The molecule has 0 bridgehead atoms. The lowest BCUT2D eigenvalue weighted by Crippen LogP contribution is -2.17. The van der Waals surface area contributed by atoms with E-state index in [1.165, 1.54) is 0 Å². The molecular formula is C70H44N6. The van der Waals surface area contributed by atoms with E-state index < -0.39 is 0 Å². The van der Waals surface area contributed by atoms with Crippen LogP contribution in [0.4, 0.5) is 0 Å². The highest BCUT2D eigenvalue weighted by Crippen LogP contribution is 2.49. The van der Waals surface area contributed by atoms with Crippen LogP contribution in [0.25, 0.3) is 144 Å². The molecule has 0 aliphatic heterocycles. The van der Waals surface area contributed by atoms with Crippen LogP contribution in [0, 0.1) is 0 Å². The third-order valence-electron chi connectivity index (χ3n) is 15.5. The summed E-state index contributed by atoms with van der Waals surface area (Å²) in [6, 6.07) is 96.4. The second-order valence-corrected chi connectivity index (χ2v) is 19.7. The average molecular weight is 969 g/mol. The van der Waals surface area contributed by atoms with Crippen molar-refractivity contribution >= 4 is 87.2 Å².